The SMILES string of the molecule is CCOc1ccc(C(=O)NC2CCC(Nc3ccnc4cc(Cl)ccc34)CC2)cc1OCC. The molecule has 4 rings (SSSR count). The molecule has 2 N–H and O–H groups in total. The maximum Gasteiger partial charge on any atom is 0.251 e. The summed E-state index contributed by atoms with van der Waals surface area (Å²) in [6.45, 7) is 4.90. The molecule has 3 aromatic rings. The van der Waals surface area contributed by atoms with Gasteiger partial charge in [0, 0.05) is 39.9 Å². The van der Waals surface area contributed by atoms with E-state index in [0.717, 1.165) is 42.3 Å². The maximum absolute atomic E-state index is 12.8. The Morgan fingerprint density at radius 3 is 2.45 bits per heavy atom. The van der Waals surface area contributed by atoms with Crippen LogP contribution < -0.4 is 20.1 Å². The van der Waals surface area contributed by atoms with E-state index >= 15 is 0 Å². The molecule has 0 radical (unpaired) electrons. The number of nitrogens with zero attached hydrogens (tertiary/aromatic N) is 1. The summed E-state index contributed by atoms with van der Waals surface area (Å²) < 4.78 is 11.2. The van der Waals surface area contributed by atoms with Crippen molar-refractivity contribution in [1.29, 1.82) is 0 Å². The van der Waals surface area contributed by atoms with E-state index in [0.29, 0.717) is 41.3 Å². The molecule has 0 bridgehead atoms. The van der Waals surface area contributed by atoms with Crippen LogP contribution in [-0.4, -0.2) is 36.2 Å². The second kappa shape index (κ2) is 10.8. The highest BCUT2D eigenvalue weighted by Gasteiger charge is 2.23. The summed E-state index contributed by atoms with van der Waals surface area (Å²) in [5, 5.41) is 8.60. The molecule has 1 aromatic heterocycles. The Kier molecular flexibility index (Phi) is 7.55. The Bertz CT molecular complexity index is 1110. The number of fused-ring (bicyclic) bond motifs is 1. The normalized spacial score (nSPS) is 18.0. The van der Waals surface area contributed by atoms with Crippen LogP contribution in [-0.2, 0) is 0 Å². The highest BCUT2D eigenvalue weighted by molar-refractivity contribution is 6.31. The largest absolute Gasteiger partial charge is 0.490 e. The molecule has 6 nitrogen and oxygen atoms in total. The molecule has 0 atom stereocenters. The number of carbonyl (C=O) groups is 1. The number of rotatable bonds is 8. The summed E-state index contributed by atoms with van der Waals surface area (Å²) in [5.41, 5.74) is 2.54. The van der Waals surface area contributed by atoms with Crippen LogP contribution in [0.3, 0.4) is 0 Å². The van der Waals surface area contributed by atoms with Crippen LogP contribution >= 0.6 is 11.6 Å². The first kappa shape index (κ1) is 23.2. The van der Waals surface area contributed by atoms with Crippen molar-refractivity contribution in [2.75, 3.05) is 18.5 Å². The summed E-state index contributed by atoms with van der Waals surface area (Å²) in [6.07, 6.45) is 5.62. The highest BCUT2D eigenvalue weighted by atomic mass is 35.5. The first-order valence-electron chi connectivity index (χ1n) is 11.6. The molecule has 174 valence electrons. The van der Waals surface area contributed by atoms with Crippen LogP contribution in [0.5, 0.6) is 11.5 Å². The molecule has 1 aliphatic rings. The monoisotopic (exact) mass is 467 g/mol. The van der Waals surface area contributed by atoms with Gasteiger partial charge in [0.25, 0.3) is 5.91 Å². The van der Waals surface area contributed by atoms with Crippen LogP contribution in [0.25, 0.3) is 10.9 Å². The van der Waals surface area contributed by atoms with Gasteiger partial charge in [-0.05, 0) is 82.0 Å². The Hall–Kier alpha value is -2.99. The van der Waals surface area contributed by atoms with Crippen LogP contribution in [0.15, 0.2) is 48.7 Å². The van der Waals surface area contributed by atoms with E-state index in [4.69, 9.17) is 21.1 Å². The number of aromatic nitrogens is 1. The van der Waals surface area contributed by atoms with E-state index in [9.17, 15) is 4.79 Å². The van der Waals surface area contributed by atoms with Gasteiger partial charge in [-0.25, -0.2) is 0 Å². The number of ether oxygens (including phenoxy) is 2. The average Bonchev–Trinajstić information content (AvgIpc) is 2.81. The van der Waals surface area contributed by atoms with Gasteiger partial charge in [0.15, 0.2) is 11.5 Å². The number of hydrogen-bond donors (Lipinski definition) is 2. The number of nitrogens with one attached hydrogen (secondary N) is 2. The van der Waals surface area contributed by atoms with Gasteiger partial charge in [0.2, 0.25) is 0 Å². The molecule has 1 heterocycles. The Labute approximate surface area is 199 Å². The molecule has 0 aliphatic heterocycles. The number of hydrogen-bond acceptors (Lipinski definition) is 5. The third-order valence-electron chi connectivity index (χ3n) is 5.93. The van der Waals surface area contributed by atoms with E-state index in [-0.39, 0.29) is 11.9 Å². The Morgan fingerprint density at radius 2 is 1.70 bits per heavy atom. The maximum atomic E-state index is 12.8. The van der Waals surface area contributed by atoms with Crippen LogP contribution in [0.4, 0.5) is 5.69 Å². The number of amides is 1. The molecule has 0 saturated heterocycles. The Morgan fingerprint density at radius 1 is 0.970 bits per heavy atom. The van der Waals surface area contributed by atoms with Crippen molar-refractivity contribution in [1.82, 2.24) is 10.3 Å². The molecule has 1 aliphatic carbocycles. The molecule has 2 aromatic carbocycles. The summed E-state index contributed by atoms with van der Waals surface area (Å²) in [7, 11) is 0. The first-order valence-corrected chi connectivity index (χ1v) is 12.0. The zero-order valence-electron chi connectivity index (χ0n) is 19.1. The Balaban J connectivity index is 1.34. The lowest BCUT2D eigenvalue weighted by molar-refractivity contribution is 0.0926. The van der Waals surface area contributed by atoms with Crippen molar-refractivity contribution in [3.05, 3.63) is 59.2 Å². The van der Waals surface area contributed by atoms with Crippen molar-refractivity contribution in [2.24, 2.45) is 0 Å². The second-order valence-corrected chi connectivity index (χ2v) is 8.65. The second-order valence-electron chi connectivity index (χ2n) is 8.21. The number of carbonyl (C=O) groups excluding carboxylic acids is 1. The number of benzene rings is 2. The standard InChI is InChI=1S/C26H30ClN3O3/c1-3-32-24-12-5-17(15-25(24)33-4-2)26(31)30-20-9-7-19(8-10-20)29-22-13-14-28-23-16-18(27)6-11-21(22)23/h5-6,11-16,19-20H,3-4,7-10H2,1-2H3,(H,28,29)(H,30,31). The van der Waals surface area contributed by atoms with Crippen LogP contribution in [0, 0.1) is 0 Å². The van der Waals surface area contributed by atoms with Gasteiger partial charge in [0.1, 0.15) is 0 Å². The van der Waals surface area contributed by atoms with Crippen molar-refractivity contribution >= 4 is 34.1 Å². The third-order valence-corrected chi connectivity index (χ3v) is 6.17. The molecule has 0 spiro atoms. The van der Waals surface area contributed by atoms with Crippen molar-refractivity contribution in [2.45, 2.75) is 51.6 Å². The number of pyridine rings is 1. The van der Waals surface area contributed by atoms with Gasteiger partial charge in [-0.1, -0.05) is 11.6 Å². The minimum absolute atomic E-state index is 0.0765. The summed E-state index contributed by atoms with van der Waals surface area (Å²) >= 11 is 6.10. The molecule has 1 saturated carbocycles. The predicted molar refractivity (Wildman–Crippen MR) is 133 cm³/mol. The number of anilines is 1. The van der Waals surface area contributed by atoms with E-state index in [1.54, 1.807) is 24.4 Å². The minimum Gasteiger partial charge on any atom is -0.490 e. The fraction of sp³-hybridized carbons (Fsp3) is 0.385. The van der Waals surface area contributed by atoms with Gasteiger partial charge >= 0.3 is 0 Å². The fourth-order valence-electron chi connectivity index (χ4n) is 4.31. The topological polar surface area (TPSA) is 72.5 Å². The lowest BCUT2D eigenvalue weighted by Crippen LogP contribution is -2.40. The lowest BCUT2D eigenvalue weighted by Gasteiger charge is -2.30. The molecular weight excluding hydrogens is 438 g/mol. The van der Waals surface area contributed by atoms with E-state index < -0.39 is 0 Å². The third kappa shape index (κ3) is 5.69. The molecule has 33 heavy (non-hydrogen) atoms. The summed E-state index contributed by atoms with van der Waals surface area (Å²) in [6, 6.07) is 13.6. The quantitative estimate of drug-likeness (QED) is 0.435. The van der Waals surface area contributed by atoms with Crippen molar-refractivity contribution in [3.63, 3.8) is 0 Å². The zero-order chi connectivity index (χ0) is 23.2. The van der Waals surface area contributed by atoms with Gasteiger partial charge < -0.3 is 20.1 Å². The molecular formula is C26H30ClN3O3. The van der Waals surface area contributed by atoms with Crippen molar-refractivity contribution < 1.29 is 14.3 Å². The fourth-order valence-corrected chi connectivity index (χ4v) is 4.48. The number of halogens is 1. The first-order chi connectivity index (χ1) is 16.1. The van der Waals surface area contributed by atoms with E-state index in [1.807, 2.05) is 38.1 Å². The lowest BCUT2D eigenvalue weighted by atomic mass is 9.90. The van der Waals surface area contributed by atoms with E-state index in [1.165, 1.54) is 0 Å². The van der Waals surface area contributed by atoms with Gasteiger partial charge in [-0.2, -0.15) is 0 Å². The predicted octanol–water partition coefficient (Wildman–Crippen LogP) is 5.84. The van der Waals surface area contributed by atoms with Gasteiger partial charge in [0.05, 0.1) is 18.7 Å². The highest BCUT2D eigenvalue weighted by Crippen LogP contribution is 2.30. The average molecular weight is 468 g/mol. The summed E-state index contributed by atoms with van der Waals surface area (Å²) in [5.74, 6) is 1.19. The van der Waals surface area contributed by atoms with Crippen LogP contribution in [0.2, 0.25) is 5.02 Å². The molecule has 1 amide bonds. The molecule has 0 unspecified atom stereocenters. The van der Waals surface area contributed by atoms with Crippen LogP contribution in [0.1, 0.15) is 49.9 Å². The minimum atomic E-state index is -0.0765. The van der Waals surface area contributed by atoms with E-state index in [2.05, 4.69) is 15.6 Å². The van der Waals surface area contributed by atoms with Gasteiger partial charge in [-0.3, -0.25) is 9.78 Å². The summed E-state index contributed by atoms with van der Waals surface area (Å²) in [4.78, 5) is 17.3. The zero-order valence-corrected chi connectivity index (χ0v) is 19.8. The molecule has 1 fully saturated rings. The smallest absolute Gasteiger partial charge is 0.251 e. The molecule has 7 heteroatoms. The van der Waals surface area contributed by atoms with Gasteiger partial charge in [-0.15, -0.1) is 0 Å². The van der Waals surface area contributed by atoms with Crippen molar-refractivity contribution in [3.8, 4) is 11.5 Å².